The number of benzene rings is 3. The van der Waals surface area contributed by atoms with E-state index in [4.69, 9.17) is 4.74 Å². The highest BCUT2D eigenvalue weighted by Crippen LogP contribution is 2.17. The molecule has 0 aliphatic rings. The summed E-state index contributed by atoms with van der Waals surface area (Å²) in [6.45, 7) is 3.18. The van der Waals surface area contributed by atoms with Crippen molar-refractivity contribution < 1.29 is 9.53 Å². The van der Waals surface area contributed by atoms with E-state index in [9.17, 15) is 4.79 Å². The molecule has 0 aromatic heterocycles. The van der Waals surface area contributed by atoms with Crippen LogP contribution in [-0.2, 0) is 6.61 Å². The van der Waals surface area contributed by atoms with Gasteiger partial charge in [0.15, 0.2) is 5.78 Å². The van der Waals surface area contributed by atoms with Crippen LogP contribution in [0.3, 0.4) is 0 Å². The summed E-state index contributed by atoms with van der Waals surface area (Å²) < 4.78 is 5.78. The average molecular weight is 345 g/mol. The summed E-state index contributed by atoms with van der Waals surface area (Å²) in [6.07, 6.45) is 0.468. The Hall–Kier alpha value is -3.07. The molecule has 0 atom stereocenters. The SMILES string of the molecule is Cc1ccc(C(=O)CCNc2ccc(OCc3ccccc3)cc2)cc1. The molecule has 26 heavy (non-hydrogen) atoms. The monoisotopic (exact) mass is 345 g/mol. The average Bonchev–Trinajstić information content (AvgIpc) is 2.68. The summed E-state index contributed by atoms with van der Waals surface area (Å²) in [4.78, 5) is 12.2. The topological polar surface area (TPSA) is 38.3 Å². The Morgan fingerprint density at radius 3 is 2.27 bits per heavy atom. The van der Waals surface area contributed by atoms with Gasteiger partial charge in [-0.15, -0.1) is 0 Å². The molecule has 3 heteroatoms. The molecule has 0 saturated carbocycles. The van der Waals surface area contributed by atoms with Gasteiger partial charge in [-0.2, -0.15) is 0 Å². The molecular weight excluding hydrogens is 322 g/mol. The second-order valence-corrected chi connectivity index (χ2v) is 6.26. The molecule has 3 rings (SSSR count). The molecule has 0 aliphatic heterocycles. The lowest BCUT2D eigenvalue weighted by Crippen LogP contribution is -2.08. The van der Waals surface area contributed by atoms with Crippen molar-refractivity contribution in [2.45, 2.75) is 20.0 Å². The second-order valence-electron chi connectivity index (χ2n) is 6.26. The number of rotatable bonds is 8. The summed E-state index contributed by atoms with van der Waals surface area (Å²) in [5.74, 6) is 0.982. The van der Waals surface area contributed by atoms with Crippen LogP contribution in [0.1, 0.15) is 27.9 Å². The summed E-state index contributed by atoms with van der Waals surface area (Å²) in [6, 6.07) is 25.6. The van der Waals surface area contributed by atoms with Gasteiger partial charge < -0.3 is 10.1 Å². The van der Waals surface area contributed by atoms with E-state index in [1.54, 1.807) is 0 Å². The van der Waals surface area contributed by atoms with Crippen LogP contribution in [0.2, 0.25) is 0 Å². The van der Waals surface area contributed by atoms with Crippen LogP contribution in [0.15, 0.2) is 78.9 Å². The number of ether oxygens (including phenoxy) is 1. The van der Waals surface area contributed by atoms with Crippen molar-refractivity contribution in [2.75, 3.05) is 11.9 Å². The first-order chi connectivity index (χ1) is 12.7. The Balaban J connectivity index is 1.44. The van der Waals surface area contributed by atoms with Crippen molar-refractivity contribution in [1.29, 1.82) is 0 Å². The predicted octanol–water partition coefficient (Wildman–Crippen LogP) is 5.26. The van der Waals surface area contributed by atoms with Crippen LogP contribution >= 0.6 is 0 Å². The van der Waals surface area contributed by atoms with Gasteiger partial charge in [0.2, 0.25) is 0 Å². The number of hydrogen-bond donors (Lipinski definition) is 1. The molecule has 0 aliphatic carbocycles. The van der Waals surface area contributed by atoms with E-state index in [2.05, 4.69) is 5.32 Å². The van der Waals surface area contributed by atoms with Crippen LogP contribution in [0.25, 0.3) is 0 Å². The number of ketones is 1. The van der Waals surface area contributed by atoms with E-state index in [0.717, 1.165) is 28.1 Å². The lowest BCUT2D eigenvalue weighted by molar-refractivity contribution is 0.0986. The molecule has 0 bridgehead atoms. The van der Waals surface area contributed by atoms with Gasteiger partial charge in [0.05, 0.1) is 0 Å². The lowest BCUT2D eigenvalue weighted by Gasteiger charge is -2.09. The van der Waals surface area contributed by atoms with Crippen LogP contribution in [0.5, 0.6) is 5.75 Å². The summed E-state index contributed by atoms with van der Waals surface area (Å²) in [7, 11) is 0. The molecule has 0 unspecified atom stereocenters. The molecular formula is C23H23NO2. The third-order valence-corrected chi connectivity index (χ3v) is 4.16. The maximum absolute atomic E-state index is 12.2. The van der Waals surface area contributed by atoms with Crippen LogP contribution in [0.4, 0.5) is 5.69 Å². The Labute approximate surface area is 154 Å². The number of aryl methyl sites for hydroxylation is 1. The van der Waals surface area contributed by atoms with Gasteiger partial charge in [-0.3, -0.25) is 4.79 Å². The van der Waals surface area contributed by atoms with E-state index in [0.29, 0.717) is 19.6 Å². The minimum absolute atomic E-state index is 0.153. The van der Waals surface area contributed by atoms with Crippen molar-refractivity contribution >= 4 is 11.5 Å². The standard InChI is InChI=1S/C23H23NO2/c1-18-7-9-20(10-8-18)23(25)15-16-24-21-11-13-22(14-12-21)26-17-19-5-3-2-4-6-19/h2-14,24H,15-17H2,1H3. The minimum Gasteiger partial charge on any atom is -0.489 e. The summed E-state index contributed by atoms with van der Waals surface area (Å²) in [5.41, 5.74) is 4.05. The highest BCUT2D eigenvalue weighted by atomic mass is 16.5. The van der Waals surface area contributed by atoms with E-state index in [1.165, 1.54) is 0 Å². The number of nitrogens with one attached hydrogen (secondary N) is 1. The van der Waals surface area contributed by atoms with Gasteiger partial charge in [-0.1, -0.05) is 60.2 Å². The minimum atomic E-state index is 0.153. The van der Waals surface area contributed by atoms with Gasteiger partial charge in [-0.05, 0) is 36.8 Å². The zero-order valence-corrected chi connectivity index (χ0v) is 14.9. The van der Waals surface area contributed by atoms with Gasteiger partial charge in [0.1, 0.15) is 12.4 Å². The Morgan fingerprint density at radius 1 is 0.885 bits per heavy atom. The van der Waals surface area contributed by atoms with E-state index < -0.39 is 0 Å². The Kier molecular flexibility index (Phi) is 6.05. The van der Waals surface area contributed by atoms with Gasteiger partial charge in [0.25, 0.3) is 0 Å². The largest absolute Gasteiger partial charge is 0.489 e. The first-order valence-corrected chi connectivity index (χ1v) is 8.81. The fourth-order valence-corrected chi connectivity index (χ4v) is 2.61. The third-order valence-electron chi connectivity index (χ3n) is 4.16. The van der Waals surface area contributed by atoms with Gasteiger partial charge in [-0.25, -0.2) is 0 Å². The molecule has 0 fully saturated rings. The molecule has 0 radical (unpaired) electrons. The van der Waals surface area contributed by atoms with E-state index in [1.807, 2.05) is 85.8 Å². The summed E-state index contributed by atoms with van der Waals surface area (Å²) >= 11 is 0. The van der Waals surface area contributed by atoms with Gasteiger partial charge >= 0.3 is 0 Å². The van der Waals surface area contributed by atoms with Crippen LogP contribution in [-0.4, -0.2) is 12.3 Å². The Morgan fingerprint density at radius 2 is 1.58 bits per heavy atom. The van der Waals surface area contributed by atoms with Crippen molar-refractivity contribution in [3.63, 3.8) is 0 Å². The first kappa shape index (κ1) is 17.7. The highest BCUT2D eigenvalue weighted by Gasteiger charge is 2.05. The molecule has 132 valence electrons. The zero-order chi connectivity index (χ0) is 18.2. The maximum Gasteiger partial charge on any atom is 0.164 e. The smallest absolute Gasteiger partial charge is 0.164 e. The van der Waals surface area contributed by atoms with E-state index >= 15 is 0 Å². The molecule has 0 heterocycles. The van der Waals surface area contributed by atoms with Crippen molar-refractivity contribution in [3.8, 4) is 5.75 Å². The first-order valence-electron chi connectivity index (χ1n) is 8.81. The second kappa shape index (κ2) is 8.86. The molecule has 3 aromatic carbocycles. The van der Waals surface area contributed by atoms with Crippen molar-refractivity contribution in [3.05, 3.63) is 95.6 Å². The summed E-state index contributed by atoms with van der Waals surface area (Å²) in [5, 5.41) is 3.28. The quantitative estimate of drug-likeness (QED) is 0.566. The molecule has 0 saturated heterocycles. The normalized spacial score (nSPS) is 10.3. The van der Waals surface area contributed by atoms with Crippen LogP contribution < -0.4 is 10.1 Å². The number of Topliss-reactive ketones (excluding diaryl/α,β-unsaturated/α-hetero) is 1. The van der Waals surface area contributed by atoms with Crippen molar-refractivity contribution in [1.82, 2.24) is 0 Å². The molecule has 0 spiro atoms. The fraction of sp³-hybridized carbons (Fsp3) is 0.174. The van der Waals surface area contributed by atoms with Crippen molar-refractivity contribution in [2.24, 2.45) is 0 Å². The number of carbonyl (C=O) groups is 1. The zero-order valence-electron chi connectivity index (χ0n) is 14.9. The van der Waals surface area contributed by atoms with Gasteiger partial charge in [0, 0.05) is 24.2 Å². The number of hydrogen-bond acceptors (Lipinski definition) is 3. The van der Waals surface area contributed by atoms with Crippen LogP contribution in [0, 0.1) is 6.92 Å². The lowest BCUT2D eigenvalue weighted by atomic mass is 10.1. The maximum atomic E-state index is 12.2. The third kappa shape index (κ3) is 5.21. The molecule has 1 N–H and O–H groups in total. The molecule has 3 aromatic rings. The predicted molar refractivity (Wildman–Crippen MR) is 106 cm³/mol. The number of anilines is 1. The van der Waals surface area contributed by atoms with E-state index in [-0.39, 0.29) is 5.78 Å². The number of carbonyl (C=O) groups excluding carboxylic acids is 1. The molecule has 0 amide bonds. The Bertz CT molecular complexity index is 824. The fourth-order valence-electron chi connectivity index (χ4n) is 2.61. The molecule has 3 nitrogen and oxygen atoms in total. The highest BCUT2D eigenvalue weighted by molar-refractivity contribution is 5.96.